The van der Waals surface area contributed by atoms with Crippen molar-refractivity contribution in [1.29, 1.82) is 0 Å². The Labute approximate surface area is 161 Å². The van der Waals surface area contributed by atoms with Gasteiger partial charge < -0.3 is 25.1 Å². The number of carbonyl (C=O) groups is 1. The molecule has 1 unspecified atom stereocenters. The number of hydrogen-bond donors (Lipinski definition) is 4. The van der Waals surface area contributed by atoms with Crippen molar-refractivity contribution in [3.63, 3.8) is 0 Å². The van der Waals surface area contributed by atoms with Gasteiger partial charge in [0.15, 0.2) is 5.56 Å². The van der Waals surface area contributed by atoms with Gasteiger partial charge in [-0.3, -0.25) is 4.79 Å². The minimum atomic E-state index is -1.42. The van der Waals surface area contributed by atoms with Crippen molar-refractivity contribution < 1.29 is 15.0 Å². The Hall–Kier alpha value is -3.06. The summed E-state index contributed by atoms with van der Waals surface area (Å²) in [5.41, 5.74) is 3.82. The lowest BCUT2D eigenvalue weighted by molar-refractivity contribution is 0.0691. The lowest BCUT2D eigenvalue weighted by Gasteiger charge is -2.15. The zero-order valence-electron chi connectivity index (χ0n) is 16.1. The van der Waals surface area contributed by atoms with Crippen molar-refractivity contribution in [3.8, 4) is 17.0 Å². The van der Waals surface area contributed by atoms with Crippen LogP contribution in [0, 0.1) is 0 Å². The molecule has 1 atom stereocenters. The van der Waals surface area contributed by atoms with E-state index in [4.69, 9.17) is 0 Å². The van der Waals surface area contributed by atoms with Gasteiger partial charge in [-0.05, 0) is 49.6 Å². The number of rotatable bonds is 3. The van der Waals surface area contributed by atoms with Crippen molar-refractivity contribution >= 4 is 16.9 Å². The van der Waals surface area contributed by atoms with Crippen LogP contribution in [0.2, 0.25) is 0 Å². The summed E-state index contributed by atoms with van der Waals surface area (Å²) in [6, 6.07) is 6.27. The van der Waals surface area contributed by atoms with E-state index in [9.17, 15) is 19.8 Å². The van der Waals surface area contributed by atoms with Gasteiger partial charge in [0.25, 0.3) is 5.56 Å². The van der Waals surface area contributed by atoms with Crippen molar-refractivity contribution in [2.24, 2.45) is 7.05 Å². The normalized spacial score (nSPS) is 15.9. The third-order valence-corrected chi connectivity index (χ3v) is 5.80. The molecule has 0 radical (unpaired) electrons. The maximum Gasteiger partial charge on any atom is 0.345 e. The minimum absolute atomic E-state index is 0.200. The van der Waals surface area contributed by atoms with Crippen LogP contribution in [-0.2, 0) is 20.0 Å². The second-order valence-electron chi connectivity index (χ2n) is 7.50. The number of carboxylic acids is 1. The van der Waals surface area contributed by atoms with Gasteiger partial charge in [-0.2, -0.15) is 0 Å². The zero-order chi connectivity index (χ0) is 20.2. The number of carboxylic acid groups (broad SMARTS) is 1. The number of nitrogens with zero attached hydrogens (tertiary/aromatic N) is 1. The number of aromatic carboxylic acids is 1. The number of benzene rings is 1. The van der Waals surface area contributed by atoms with Crippen LogP contribution in [0.1, 0.15) is 46.4 Å². The minimum Gasteiger partial charge on any atom is -0.506 e. The molecule has 7 heteroatoms. The first kappa shape index (κ1) is 18.3. The van der Waals surface area contributed by atoms with Gasteiger partial charge in [0.2, 0.25) is 0 Å². The molecule has 0 bridgehead atoms. The molecule has 4 N–H and O–H groups in total. The van der Waals surface area contributed by atoms with Crippen molar-refractivity contribution in [2.45, 2.75) is 32.2 Å². The molecule has 28 heavy (non-hydrogen) atoms. The van der Waals surface area contributed by atoms with E-state index in [1.54, 1.807) is 0 Å². The van der Waals surface area contributed by atoms with Crippen molar-refractivity contribution in [1.82, 2.24) is 14.9 Å². The lowest BCUT2D eigenvalue weighted by atomic mass is 9.92. The Morgan fingerprint density at radius 2 is 2.11 bits per heavy atom. The van der Waals surface area contributed by atoms with Crippen molar-refractivity contribution in [3.05, 3.63) is 50.9 Å². The highest BCUT2D eigenvalue weighted by Crippen LogP contribution is 2.42. The van der Waals surface area contributed by atoms with E-state index >= 15 is 0 Å². The molecular weight excluding hydrogens is 358 g/mol. The number of hydrogen-bond acceptors (Lipinski definition) is 4. The highest BCUT2D eigenvalue weighted by Gasteiger charge is 2.28. The van der Waals surface area contributed by atoms with E-state index in [1.807, 2.05) is 20.2 Å². The molecule has 1 aliphatic rings. The van der Waals surface area contributed by atoms with Gasteiger partial charge in [0, 0.05) is 41.3 Å². The summed E-state index contributed by atoms with van der Waals surface area (Å²) in [6.45, 7) is 2.85. The average molecular weight is 381 g/mol. The first-order valence-electron chi connectivity index (χ1n) is 9.32. The molecule has 0 spiro atoms. The van der Waals surface area contributed by atoms with Gasteiger partial charge in [0.05, 0.1) is 5.69 Å². The number of fused-ring (bicyclic) bond motifs is 4. The molecule has 0 fully saturated rings. The Balaban J connectivity index is 2.04. The van der Waals surface area contributed by atoms with E-state index in [1.165, 1.54) is 0 Å². The largest absolute Gasteiger partial charge is 0.506 e. The number of aromatic amines is 1. The molecule has 2 heterocycles. The molecule has 4 rings (SSSR count). The Kier molecular flexibility index (Phi) is 4.27. The van der Waals surface area contributed by atoms with Crippen LogP contribution in [0.25, 0.3) is 22.2 Å². The van der Waals surface area contributed by atoms with Gasteiger partial charge in [-0.1, -0.05) is 6.92 Å². The molecule has 1 aliphatic carbocycles. The van der Waals surface area contributed by atoms with Crippen LogP contribution in [-0.4, -0.2) is 32.8 Å². The molecule has 2 aromatic heterocycles. The number of H-pyrrole nitrogens is 1. The van der Waals surface area contributed by atoms with E-state index in [0.717, 1.165) is 40.7 Å². The van der Waals surface area contributed by atoms with Gasteiger partial charge >= 0.3 is 5.97 Å². The van der Waals surface area contributed by atoms with E-state index in [2.05, 4.69) is 33.9 Å². The second-order valence-corrected chi connectivity index (χ2v) is 7.50. The maximum absolute atomic E-state index is 12.4. The Bertz CT molecular complexity index is 1170. The predicted molar refractivity (Wildman–Crippen MR) is 107 cm³/mol. The smallest absolute Gasteiger partial charge is 0.345 e. The van der Waals surface area contributed by atoms with Crippen molar-refractivity contribution in [2.75, 3.05) is 7.05 Å². The molecule has 3 aromatic rings. The third-order valence-electron chi connectivity index (χ3n) is 5.80. The number of aryl methyl sites for hydroxylation is 1. The van der Waals surface area contributed by atoms with Crippen LogP contribution < -0.4 is 10.9 Å². The fourth-order valence-corrected chi connectivity index (χ4v) is 4.25. The molecule has 0 saturated heterocycles. The standard InChI is InChI=1S/C21H23N3O4/c1-10-4-5-13-18(23-20(26)17(19(13)25)21(27)28)15-7-11-6-12(9-22-2)24(3)16(11)8-14(10)15/h6-8,10,22H,4-5,9H2,1-3H3,(H,27,28)(H2,23,25,26). The summed E-state index contributed by atoms with van der Waals surface area (Å²) in [4.78, 5) is 26.5. The van der Waals surface area contributed by atoms with E-state index < -0.39 is 22.8 Å². The van der Waals surface area contributed by atoms with E-state index in [0.29, 0.717) is 17.7 Å². The van der Waals surface area contributed by atoms with Crippen LogP contribution in [0.5, 0.6) is 5.75 Å². The van der Waals surface area contributed by atoms with E-state index in [-0.39, 0.29) is 5.92 Å². The molecule has 7 nitrogen and oxygen atoms in total. The van der Waals surface area contributed by atoms with Gasteiger partial charge in [-0.15, -0.1) is 0 Å². The topological polar surface area (TPSA) is 107 Å². The van der Waals surface area contributed by atoms with Gasteiger partial charge in [0.1, 0.15) is 5.75 Å². The first-order chi connectivity index (χ1) is 13.3. The summed E-state index contributed by atoms with van der Waals surface area (Å²) < 4.78 is 2.15. The summed E-state index contributed by atoms with van der Waals surface area (Å²) in [5, 5.41) is 24.0. The average Bonchev–Trinajstić information content (AvgIpc) is 2.86. The van der Waals surface area contributed by atoms with Crippen LogP contribution in [0.15, 0.2) is 23.0 Å². The molecule has 1 aromatic carbocycles. The second kappa shape index (κ2) is 6.53. The monoisotopic (exact) mass is 381 g/mol. The maximum atomic E-state index is 12.4. The SMILES string of the molecule is CNCc1cc2cc3c(cc2n1C)C(C)CCc1c-3[nH]c(=O)c(C(=O)O)c1O. The first-order valence-corrected chi connectivity index (χ1v) is 9.32. The molecule has 0 amide bonds. The Morgan fingerprint density at radius 3 is 2.79 bits per heavy atom. The summed E-state index contributed by atoms with van der Waals surface area (Å²) in [5.74, 6) is -1.64. The zero-order valence-corrected chi connectivity index (χ0v) is 16.1. The molecule has 0 aliphatic heterocycles. The fourth-order valence-electron chi connectivity index (χ4n) is 4.25. The lowest BCUT2D eigenvalue weighted by Crippen LogP contribution is -2.20. The van der Waals surface area contributed by atoms with Crippen LogP contribution >= 0.6 is 0 Å². The highest BCUT2D eigenvalue weighted by molar-refractivity contribution is 5.93. The van der Waals surface area contributed by atoms with Crippen LogP contribution in [0.3, 0.4) is 0 Å². The Morgan fingerprint density at radius 1 is 1.36 bits per heavy atom. The number of nitrogens with one attached hydrogen (secondary N) is 2. The molecular formula is C21H23N3O4. The molecule has 146 valence electrons. The number of aromatic hydroxyl groups is 1. The molecule has 0 saturated carbocycles. The fraction of sp³-hybridized carbons (Fsp3) is 0.333. The predicted octanol–water partition coefficient (Wildman–Crippen LogP) is 2.71. The summed E-state index contributed by atoms with van der Waals surface area (Å²) in [6.07, 6.45) is 1.24. The summed E-state index contributed by atoms with van der Waals surface area (Å²) in [7, 11) is 3.93. The number of aromatic nitrogens is 2. The third kappa shape index (κ3) is 2.62. The summed E-state index contributed by atoms with van der Waals surface area (Å²) >= 11 is 0. The van der Waals surface area contributed by atoms with Gasteiger partial charge in [-0.25, -0.2) is 4.79 Å². The highest BCUT2D eigenvalue weighted by atomic mass is 16.4. The van der Waals surface area contributed by atoms with Crippen LogP contribution in [0.4, 0.5) is 0 Å². The quantitative estimate of drug-likeness (QED) is 0.558. The number of pyridine rings is 1.